The molecule has 1 aromatic heterocycles. The van der Waals surface area contributed by atoms with Gasteiger partial charge >= 0.3 is 6.18 Å². The van der Waals surface area contributed by atoms with Gasteiger partial charge in [0, 0.05) is 13.2 Å². The molecule has 90 valence electrons. The van der Waals surface area contributed by atoms with Crippen LogP contribution in [0.2, 0.25) is 0 Å². The maximum atomic E-state index is 12.1. The van der Waals surface area contributed by atoms with Crippen molar-refractivity contribution in [2.24, 2.45) is 0 Å². The van der Waals surface area contributed by atoms with Gasteiger partial charge in [0.25, 0.3) is 0 Å². The normalized spacial score (nSPS) is 13.6. The Kier molecular flexibility index (Phi) is 3.74. The molecule has 1 unspecified atom stereocenters. The van der Waals surface area contributed by atoms with E-state index < -0.39 is 18.8 Å². The Bertz CT molecular complexity index is 352. The third-order valence-corrected chi connectivity index (χ3v) is 2.06. The van der Waals surface area contributed by atoms with Crippen molar-refractivity contribution in [3.63, 3.8) is 0 Å². The Balaban J connectivity index is 2.83. The van der Waals surface area contributed by atoms with E-state index in [1.54, 1.807) is 13.0 Å². The van der Waals surface area contributed by atoms with Crippen LogP contribution in [0.15, 0.2) is 18.3 Å². The average molecular weight is 234 g/mol. The average Bonchev–Trinajstić information content (AvgIpc) is 2.15. The van der Waals surface area contributed by atoms with Crippen molar-refractivity contribution in [3.05, 3.63) is 23.9 Å². The highest BCUT2D eigenvalue weighted by molar-refractivity contribution is 5.40. The van der Waals surface area contributed by atoms with Gasteiger partial charge in [-0.05, 0) is 24.6 Å². The van der Waals surface area contributed by atoms with E-state index in [1.165, 1.54) is 19.3 Å². The molecule has 1 atom stereocenters. The molecule has 16 heavy (non-hydrogen) atoms. The quantitative estimate of drug-likeness (QED) is 0.870. The van der Waals surface area contributed by atoms with Crippen LogP contribution in [-0.2, 0) is 0 Å². The van der Waals surface area contributed by atoms with Gasteiger partial charge in [-0.3, -0.25) is 0 Å². The predicted molar refractivity (Wildman–Crippen MR) is 54.2 cm³/mol. The number of aliphatic hydroxyl groups excluding tert-OH is 1. The third kappa shape index (κ3) is 3.69. The van der Waals surface area contributed by atoms with Gasteiger partial charge in [-0.1, -0.05) is 0 Å². The molecule has 0 saturated carbocycles. The lowest BCUT2D eigenvalue weighted by Gasteiger charge is -2.20. The summed E-state index contributed by atoms with van der Waals surface area (Å²) in [5.74, 6) is 0.190. The van der Waals surface area contributed by atoms with Crippen molar-refractivity contribution in [1.29, 1.82) is 0 Å². The Morgan fingerprint density at radius 1 is 1.50 bits per heavy atom. The number of pyridine rings is 1. The van der Waals surface area contributed by atoms with Gasteiger partial charge in [-0.25, -0.2) is 4.98 Å². The molecule has 0 aromatic carbocycles. The monoisotopic (exact) mass is 234 g/mol. The molecule has 0 aliphatic heterocycles. The minimum Gasteiger partial charge on any atom is -0.389 e. The minimum atomic E-state index is -4.27. The van der Waals surface area contributed by atoms with Gasteiger partial charge in [0.2, 0.25) is 0 Å². The van der Waals surface area contributed by atoms with Crippen LogP contribution < -0.4 is 4.90 Å². The fraction of sp³-hybridized carbons (Fsp3) is 0.500. The fourth-order valence-electron chi connectivity index (χ4n) is 1.25. The molecule has 1 rings (SSSR count). The van der Waals surface area contributed by atoms with Crippen molar-refractivity contribution in [1.82, 2.24) is 4.98 Å². The first-order valence-electron chi connectivity index (χ1n) is 4.71. The lowest BCUT2D eigenvalue weighted by Crippen LogP contribution is -2.31. The smallest absolute Gasteiger partial charge is 0.389 e. The Labute approximate surface area is 91.5 Å². The van der Waals surface area contributed by atoms with Crippen LogP contribution in [-0.4, -0.2) is 29.9 Å². The Morgan fingerprint density at radius 3 is 2.62 bits per heavy atom. The highest BCUT2D eigenvalue weighted by Crippen LogP contribution is 2.21. The minimum absolute atomic E-state index is 0.190. The van der Waals surface area contributed by atoms with Gasteiger partial charge in [0.1, 0.15) is 12.4 Å². The first kappa shape index (κ1) is 12.8. The van der Waals surface area contributed by atoms with E-state index >= 15 is 0 Å². The zero-order valence-electron chi connectivity index (χ0n) is 8.99. The summed E-state index contributed by atoms with van der Waals surface area (Å²) >= 11 is 0. The summed E-state index contributed by atoms with van der Waals surface area (Å²) < 4.78 is 36.4. The highest BCUT2D eigenvalue weighted by atomic mass is 19.4. The molecule has 0 spiro atoms. The Morgan fingerprint density at radius 2 is 2.12 bits per heavy atom. The second kappa shape index (κ2) is 4.69. The summed E-state index contributed by atoms with van der Waals surface area (Å²) in [5, 5.41) is 9.29. The zero-order valence-corrected chi connectivity index (χ0v) is 8.99. The molecule has 0 radical (unpaired) electrons. The van der Waals surface area contributed by atoms with E-state index in [-0.39, 0.29) is 5.82 Å². The standard InChI is InChI=1S/C10H13F3N2O/c1-7(16)8-3-4-14-9(5-8)15(2)6-10(11,12)13/h3-5,7,16H,6H2,1-2H3. The van der Waals surface area contributed by atoms with Gasteiger partial charge in [0.05, 0.1) is 6.10 Å². The fourth-order valence-corrected chi connectivity index (χ4v) is 1.25. The molecular formula is C10H13F3N2O. The first-order chi connectivity index (χ1) is 7.29. The number of alkyl halides is 3. The van der Waals surface area contributed by atoms with E-state index in [0.29, 0.717) is 5.56 Å². The maximum absolute atomic E-state index is 12.1. The molecule has 6 heteroatoms. The summed E-state index contributed by atoms with van der Waals surface area (Å²) in [7, 11) is 1.31. The number of hydrogen-bond donors (Lipinski definition) is 1. The van der Waals surface area contributed by atoms with E-state index in [9.17, 15) is 18.3 Å². The second-order valence-electron chi connectivity index (χ2n) is 3.59. The van der Waals surface area contributed by atoms with Crippen LogP contribution in [0.1, 0.15) is 18.6 Å². The number of anilines is 1. The number of halogens is 3. The van der Waals surface area contributed by atoms with E-state index in [2.05, 4.69) is 4.98 Å². The van der Waals surface area contributed by atoms with Crippen LogP contribution in [0.5, 0.6) is 0 Å². The van der Waals surface area contributed by atoms with Gasteiger partial charge in [-0.2, -0.15) is 13.2 Å². The Hall–Kier alpha value is -1.30. The van der Waals surface area contributed by atoms with Gasteiger partial charge in [-0.15, -0.1) is 0 Å². The van der Waals surface area contributed by atoms with E-state index in [4.69, 9.17) is 0 Å². The third-order valence-electron chi connectivity index (χ3n) is 2.06. The SMILES string of the molecule is CC(O)c1ccnc(N(C)CC(F)(F)F)c1. The molecule has 1 heterocycles. The van der Waals surface area contributed by atoms with Crippen LogP contribution in [0.4, 0.5) is 19.0 Å². The number of aromatic nitrogens is 1. The molecule has 0 bridgehead atoms. The van der Waals surface area contributed by atoms with Crippen molar-refractivity contribution < 1.29 is 18.3 Å². The zero-order chi connectivity index (χ0) is 12.3. The molecule has 0 saturated heterocycles. The summed E-state index contributed by atoms with van der Waals surface area (Å²) in [6.45, 7) is 0.478. The van der Waals surface area contributed by atoms with Crippen LogP contribution in [0.25, 0.3) is 0 Å². The topological polar surface area (TPSA) is 36.4 Å². The number of nitrogens with zero attached hydrogens (tertiary/aromatic N) is 2. The predicted octanol–water partition coefficient (Wildman–Crippen LogP) is 2.13. The molecule has 1 aromatic rings. The summed E-state index contributed by atoms with van der Waals surface area (Å²) in [6, 6.07) is 3.01. The van der Waals surface area contributed by atoms with Crippen LogP contribution in [0.3, 0.4) is 0 Å². The van der Waals surface area contributed by atoms with Crippen molar-refractivity contribution >= 4 is 5.82 Å². The number of aliphatic hydroxyl groups is 1. The highest BCUT2D eigenvalue weighted by Gasteiger charge is 2.29. The second-order valence-corrected chi connectivity index (χ2v) is 3.59. The molecule has 0 amide bonds. The molecule has 0 aliphatic carbocycles. The molecule has 0 fully saturated rings. The lowest BCUT2D eigenvalue weighted by atomic mass is 10.2. The largest absolute Gasteiger partial charge is 0.405 e. The molecular weight excluding hydrogens is 221 g/mol. The molecule has 3 nitrogen and oxygen atoms in total. The van der Waals surface area contributed by atoms with Crippen molar-refractivity contribution in [2.45, 2.75) is 19.2 Å². The van der Waals surface area contributed by atoms with Crippen LogP contribution >= 0.6 is 0 Å². The van der Waals surface area contributed by atoms with Gasteiger partial charge in [0.15, 0.2) is 0 Å². The summed E-state index contributed by atoms with van der Waals surface area (Å²) in [6.07, 6.45) is -3.61. The van der Waals surface area contributed by atoms with E-state index in [0.717, 1.165) is 4.90 Å². The van der Waals surface area contributed by atoms with Crippen molar-refractivity contribution in [2.75, 3.05) is 18.5 Å². The van der Waals surface area contributed by atoms with E-state index in [1.807, 2.05) is 0 Å². The van der Waals surface area contributed by atoms with Crippen molar-refractivity contribution in [3.8, 4) is 0 Å². The van der Waals surface area contributed by atoms with Gasteiger partial charge < -0.3 is 10.0 Å². The van der Waals surface area contributed by atoms with Crippen LogP contribution in [0, 0.1) is 0 Å². The number of hydrogen-bond acceptors (Lipinski definition) is 3. The lowest BCUT2D eigenvalue weighted by molar-refractivity contribution is -0.119. The molecule has 1 N–H and O–H groups in total. The first-order valence-corrected chi connectivity index (χ1v) is 4.71. The number of rotatable bonds is 3. The molecule has 0 aliphatic rings. The maximum Gasteiger partial charge on any atom is 0.405 e. The summed E-state index contributed by atoms with van der Waals surface area (Å²) in [4.78, 5) is 4.81. The summed E-state index contributed by atoms with van der Waals surface area (Å²) in [5.41, 5.74) is 0.541.